The third-order valence-electron chi connectivity index (χ3n) is 2.57. The van der Waals surface area contributed by atoms with Crippen molar-refractivity contribution in [3.05, 3.63) is 0 Å². The summed E-state index contributed by atoms with van der Waals surface area (Å²) in [4.78, 5) is 11.3. The molecule has 0 atom stereocenters. The van der Waals surface area contributed by atoms with Crippen molar-refractivity contribution in [1.29, 1.82) is 0 Å². The number of ether oxygens (including phenoxy) is 3. The molecule has 0 fully saturated rings. The Morgan fingerprint density at radius 2 is 1.53 bits per heavy atom. The number of unbranched alkanes of at least 4 members (excludes halogenated alkanes) is 4. The lowest BCUT2D eigenvalue weighted by molar-refractivity contribution is -0.145. The van der Waals surface area contributed by atoms with Crippen molar-refractivity contribution in [3.8, 4) is 0 Å². The summed E-state index contributed by atoms with van der Waals surface area (Å²) < 4.78 is 26.7. The van der Waals surface area contributed by atoms with Crippen LogP contribution in [0.25, 0.3) is 0 Å². The van der Waals surface area contributed by atoms with Crippen LogP contribution in [0.1, 0.15) is 45.4 Å². The van der Waals surface area contributed by atoms with Gasteiger partial charge < -0.3 is 14.2 Å². The standard InChI is InChI=1S/C14H27FO4/c1-2-3-4-5-6-7-14(16)19-13-12-18-11-10-17-9-8-15/h2-13H2,1H3. The van der Waals surface area contributed by atoms with Gasteiger partial charge in [0, 0.05) is 6.42 Å². The van der Waals surface area contributed by atoms with E-state index in [1.807, 2.05) is 0 Å². The Balaban J connectivity index is 3.12. The normalized spacial score (nSPS) is 10.6. The summed E-state index contributed by atoms with van der Waals surface area (Å²) in [6, 6.07) is 0. The molecule has 0 aliphatic heterocycles. The molecule has 114 valence electrons. The lowest BCUT2D eigenvalue weighted by Gasteiger charge is -2.06. The smallest absolute Gasteiger partial charge is 0.305 e. The van der Waals surface area contributed by atoms with Crippen LogP contribution in [0, 0.1) is 0 Å². The van der Waals surface area contributed by atoms with Gasteiger partial charge in [-0.05, 0) is 6.42 Å². The first kappa shape index (κ1) is 18.3. The average Bonchev–Trinajstić information content (AvgIpc) is 2.41. The van der Waals surface area contributed by atoms with Gasteiger partial charge in [-0.1, -0.05) is 32.6 Å². The second-order valence-corrected chi connectivity index (χ2v) is 4.30. The molecule has 0 rings (SSSR count). The van der Waals surface area contributed by atoms with Crippen LogP contribution in [-0.2, 0) is 19.0 Å². The first-order chi connectivity index (χ1) is 9.31. The third-order valence-corrected chi connectivity index (χ3v) is 2.57. The molecule has 0 heterocycles. The van der Waals surface area contributed by atoms with Crippen LogP contribution >= 0.6 is 0 Å². The summed E-state index contributed by atoms with van der Waals surface area (Å²) in [5.74, 6) is -0.159. The van der Waals surface area contributed by atoms with Crippen LogP contribution in [-0.4, -0.2) is 45.7 Å². The predicted octanol–water partition coefficient (Wildman–Crippen LogP) is 2.89. The largest absolute Gasteiger partial charge is 0.463 e. The quantitative estimate of drug-likeness (QED) is 0.362. The van der Waals surface area contributed by atoms with E-state index in [4.69, 9.17) is 14.2 Å². The van der Waals surface area contributed by atoms with Gasteiger partial charge in [-0.25, -0.2) is 4.39 Å². The maximum atomic E-state index is 11.7. The van der Waals surface area contributed by atoms with Gasteiger partial charge in [0.2, 0.25) is 0 Å². The van der Waals surface area contributed by atoms with Crippen molar-refractivity contribution in [1.82, 2.24) is 0 Å². The zero-order valence-electron chi connectivity index (χ0n) is 12.0. The lowest BCUT2D eigenvalue weighted by atomic mass is 10.1. The van der Waals surface area contributed by atoms with Crippen LogP contribution < -0.4 is 0 Å². The fourth-order valence-corrected chi connectivity index (χ4v) is 1.54. The summed E-state index contributed by atoms with van der Waals surface area (Å²) in [5, 5.41) is 0. The molecule has 0 spiro atoms. The minimum absolute atomic E-state index is 0.108. The van der Waals surface area contributed by atoms with Crippen LogP contribution in [0.4, 0.5) is 4.39 Å². The first-order valence-electron chi connectivity index (χ1n) is 7.18. The SMILES string of the molecule is CCCCCCCC(=O)OCCOCCOCCF. The molecule has 0 amide bonds. The highest BCUT2D eigenvalue weighted by Crippen LogP contribution is 2.05. The maximum absolute atomic E-state index is 11.7. The molecule has 0 aromatic rings. The van der Waals surface area contributed by atoms with E-state index in [0.29, 0.717) is 26.2 Å². The number of esters is 1. The number of rotatable bonds is 14. The van der Waals surface area contributed by atoms with E-state index in [0.717, 1.165) is 12.8 Å². The zero-order valence-corrected chi connectivity index (χ0v) is 12.0. The number of carbonyl (C=O) groups excluding carboxylic acids is 1. The Kier molecular flexibility index (Phi) is 14.8. The van der Waals surface area contributed by atoms with Gasteiger partial charge in [-0.2, -0.15) is 0 Å². The monoisotopic (exact) mass is 278 g/mol. The molecule has 0 aliphatic carbocycles. The van der Waals surface area contributed by atoms with Crippen molar-refractivity contribution >= 4 is 5.97 Å². The molecule has 0 saturated carbocycles. The third kappa shape index (κ3) is 15.3. The summed E-state index contributed by atoms with van der Waals surface area (Å²) in [7, 11) is 0. The topological polar surface area (TPSA) is 44.8 Å². The first-order valence-corrected chi connectivity index (χ1v) is 7.18. The predicted molar refractivity (Wildman–Crippen MR) is 71.9 cm³/mol. The molecule has 0 aliphatic rings. The van der Waals surface area contributed by atoms with Crippen molar-refractivity contribution in [2.75, 3.05) is 39.7 Å². The molecule has 0 saturated heterocycles. The fourth-order valence-electron chi connectivity index (χ4n) is 1.54. The Morgan fingerprint density at radius 3 is 2.21 bits per heavy atom. The second-order valence-electron chi connectivity index (χ2n) is 4.30. The number of halogens is 1. The molecular formula is C14H27FO4. The Labute approximate surface area is 115 Å². The van der Waals surface area contributed by atoms with Crippen LogP contribution in [0.5, 0.6) is 0 Å². The fraction of sp³-hybridized carbons (Fsp3) is 0.929. The molecule has 0 aromatic carbocycles. The van der Waals surface area contributed by atoms with E-state index in [-0.39, 0.29) is 19.2 Å². The van der Waals surface area contributed by atoms with Gasteiger partial charge in [0.15, 0.2) is 0 Å². The average molecular weight is 278 g/mol. The van der Waals surface area contributed by atoms with Gasteiger partial charge >= 0.3 is 5.97 Å². The van der Waals surface area contributed by atoms with Crippen molar-refractivity contribution in [2.45, 2.75) is 45.4 Å². The summed E-state index contributed by atoms with van der Waals surface area (Å²) >= 11 is 0. The Bertz CT molecular complexity index is 200. The van der Waals surface area contributed by atoms with E-state index in [1.54, 1.807) is 0 Å². The van der Waals surface area contributed by atoms with E-state index in [2.05, 4.69) is 6.92 Å². The van der Waals surface area contributed by atoms with Crippen LogP contribution in [0.15, 0.2) is 0 Å². The molecule has 0 unspecified atom stereocenters. The molecule has 4 nitrogen and oxygen atoms in total. The molecular weight excluding hydrogens is 251 g/mol. The van der Waals surface area contributed by atoms with E-state index in [9.17, 15) is 9.18 Å². The maximum Gasteiger partial charge on any atom is 0.305 e. The number of alkyl halides is 1. The highest BCUT2D eigenvalue weighted by atomic mass is 19.1. The number of hydrogen-bond donors (Lipinski definition) is 0. The molecule has 0 radical (unpaired) electrons. The molecule has 5 heteroatoms. The number of carbonyl (C=O) groups is 1. The molecule has 0 aromatic heterocycles. The zero-order chi connectivity index (χ0) is 14.2. The van der Waals surface area contributed by atoms with Crippen LogP contribution in [0.3, 0.4) is 0 Å². The minimum atomic E-state index is -0.476. The van der Waals surface area contributed by atoms with Gasteiger partial charge in [0.05, 0.1) is 26.4 Å². The van der Waals surface area contributed by atoms with Crippen molar-refractivity contribution in [3.63, 3.8) is 0 Å². The summed E-state index contributed by atoms with van der Waals surface area (Å²) in [6.07, 6.45) is 6.10. The highest BCUT2D eigenvalue weighted by molar-refractivity contribution is 5.69. The van der Waals surface area contributed by atoms with E-state index in [1.165, 1.54) is 19.3 Å². The highest BCUT2D eigenvalue weighted by Gasteiger charge is 2.02. The summed E-state index contributed by atoms with van der Waals surface area (Å²) in [6.45, 7) is 3.20. The van der Waals surface area contributed by atoms with Crippen molar-refractivity contribution in [2.24, 2.45) is 0 Å². The Morgan fingerprint density at radius 1 is 0.895 bits per heavy atom. The second kappa shape index (κ2) is 15.4. The van der Waals surface area contributed by atoms with Gasteiger partial charge in [-0.3, -0.25) is 4.79 Å². The minimum Gasteiger partial charge on any atom is -0.463 e. The molecule has 0 bridgehead atoms. The summed E-state index contributed by atoms with van der Waals surface area (Å²) in [5.41, 5.74) is 0. The number of hydrogen-bond acceptors (Lipinski definition) is 4. The lowest BCUT2D eigenvalue weighted by Crippen LogP contribution is -2.13. The van der Waals surface area contributed by atoms with Crippen LogP contribution in [0.2, 0.25) is 0 Å². The van der Waals surface area contributed by atoms with Gasteiger partial charge in [0.25, 0.3) is 0 Å². The van der Waals surface area contributed by atoms with E-state index < -0.39 is 6.67 Å². The molecule has 19 heavy (non-hydrogen) atoms. The van der Waals surface area contributed by atoms with Gasteiger partial charge in [0.1, 0.15) is 13.3 Å². The molecule has 0 N–H and O–H groups in total. The van der Waals surface area contributed by atoms with Gasteiger partial charge in [-0.15, -0.1) is 0 Å². The Hall–Kier alpha value is -0.680. The van der Waals surface area contributed by atoms with E-state index >= 15 is 0 Å². The van der Waals surface area contributed by atoms with Crippen molar-refractivity contribution < 1.29 is 23.4 Å².